The third-order valence-electron chi connectivity index (χ3n) is 3.99. The summed E-state index contributed by atoms with van der Waals surface area (Å²) in [6, 6.07) is 12.7. The van der Waals surface area contributed by atoms with E-state index in [1.165, 1.54) is 12.1 Å². The van der Waals surface area contributed by atoms with E-state index in [-0.39, 0.29) is 37.0 Å². The fraction of sp³-hybridized carbons (Fsp3) is 0.300. The number of carbonyl (C=O) groups excluding carboxylic acids is 2. The topological polar surface area (TPSA) is 122 Å². The number of aliphatic hydroxyl groups excluding tert-OH is 1. The second kappa shape index (κ2) is 9.09. The van der Waals surface area contributed by atoms with Gasteiger partial charge < -0.3 is 15.7 Å². The Balaban J connectivity index is 1.88. The summed E-state index contributed by atoms with van der Waals surface area (Å²) < 4.78 is 0. The summed E-state index contributed by atoms with van der Waals surface area (Å²) in [6.07, 6.45) is 0.263. The molecule has 28 heavy (non-hydrogen) atoms. The minimum absolute atomic E-state index is 0.0221. The number of non-ortho nitro benzene ring substituents is 1. The summed E-state index contributed by atoms with van der Waals surface area (Å²) in [5, 5.41) is 25.3. The molecular formula is C20H23N3O5. The summed E-state index contributed by atoms with van der Waals surface area (Å²) in [5.74, 6) is -0.446. The Labute approximate surface area is 162 Å². The van der Waals surface area contributed by atoms with Crippen molar-refractivity contribution in [1.29, 1.82) is 0 Å². The normalized spacial score (nSPS) is 11.0. The van der Waals surface area contributed by atoms with E-state index in [9.17, 15) is 24.8 Å². The molecular weight excluding hydrogens is 362 g/mol. The van der Waals surface area contributed by atoms with Crippen LogP contribution in [0.15, 0.2) is 48.5 Å². The number of benzene rings is 2. The van der Waals surface area contributed by atoms with Gasteiger partial charge in [-0.1, -0.05) is 24.3 Å². The fourth-order valence-electron chi connectivity index (χ4n) is 2.48. The molecule has 0 saturated carbocycles. The number of nitrogens with one attached hydrogen (secondary N) is 2. The molecule has 0 saturated heterocycles. The zero-order chi connectivity index (χ0) is 20.7. The number of aliphatic hydroxyl groups is 1. The van der Waals surface area contributed by atoms with Crippen molar-refractivity contribution in [1.82, 2.24) is 5.32 Å². The van der Waals surface area contributed by atoms with Crippen LogP contribution in [0.2, 0.25) is 0 Å². The van der Waals surface area contributed by atoms with Gasteiger partial charge >= 0.3 is 0 Å². The number of nitro benzene ring substituents is 1. The van der Waals surface area contributed by atoms with Crippen LogP contribution >= 0.6 is 0 Å². The van der Waals surface area contributed by atoms with Crippen molar-refractivity contribution in [3.05, 3.63) is 69.8 Å². The first-order valence-corrected chi connectivity index (χ1v) is 8.72. The molecule has 0 aliphatic carbocycles. The van der Waals surface area contributed by atoms with Gasteiger partial charge in [-0.3, -0.25) is 19.7 Å². The van der Waals surface area contributed by atoms with Gasteiger partial charge in [0, 0.05) is 17.8 Å². The van der Waals surface area contributed by atoms with Crippen LogP contribution in [0.4, 0.5) is 11.4 Å². The van der Waals surface area contributed by atoms with E-state index in [1.807, 2.05) is 0 Å². The maximum Gasteiger partial charge on any atom is 0.269 e. The van der Waals surface area contributed by atoms with Crippen LogP contribution in [0.5, 0.6) is 0 Å². The second-order valence-electron chi connectivity index (χ2n) is 7.11. The van der Waals surface area contributed by atoms with Gasteiger partial charge in [0.1, 0.15) is 0 Å². The molecule has 0 bridgehead atoms. The molecule has 0 radical (unpaired) electrons. The van der Waals surface area contributed by atoms with Gasteiger partial charge in [0.2, 0.25) is 11.8 Å². The highest BCUT2D eigenvalue weighted by Gasteiger charge is 2.19. The van der Waals surface area contributed by atoms with E-state index in [1.54, 1.807) is 50.2 Å². The predicted molar refractivity (Wildman–Crippen MR) is 105 cm³/mol. The van der Waals surface area contributed by atoms with Gasteiger partial charge in [0.05, 0.1) is 29.9 Å². The fourth-order valence-corrected chi connectivity index (χ4v) is 2.48. The Hall–Kier alpha value is -3.26. The Bertz CT molecular complexity index is 845. The highest BCUT2D eigenvalue weighted by atomic mass is 16.6. The van der Waals surface area contributed by atoms with Crippen LogP contribution in [0.3, 0.4) is 0 Å². The van der Waals surface area contributed by atoms with Crippen LogP contribution in [0, 0.1) is 10.1 Å². The minimum atomic E-state index is -0.678. The average Bonchev–Trinajstić information content (AvgIpc) is 2.63. The Morgan fingerprint density at radius 1 is 0.964 bits per heavy atom. The van der Waals surface area contributed by atoms with Gasteiger partial charge in [-0.15, -0.1) is 0 Å². The summed E-state index contributed by atoms with van der Waals surface area (Å²) in [4.78, 5) is 34.3. The number of nitrogens with zero attached hydrogens (tertiary/aromatic N) is 1. The molecule has 8 heteroatoms. The van der Waals surface area contributed by atoms with Crippen LogP contribution in [0.25, 0.3) is 0 Å². The monoisotopic (exact) mass is 385 g/mol. The van der Waals surface area contributed by atoms with Crippen LogP contribution in [-0.2, 0) is 22.4 Å². The first-order chi connectivity index (χ1) is 13.2. The number of carbonyl (C=O) groups is 2. The smallest absolute Gasteiger partial charge is 0.269 e. The zero-order valence-electron chi connectivity index (χ0n) is 15.8. The van der Waals surface area contributed by atoms with E-state index < -0.39 is 10.5 Å². The van der Waals surface area contributed by atoms with Crippen molar-refractivity contribution in [2.24, 2.45) is 0 Å². The molecule has 0 aliphatic rings. The van der Waals surface area contributed by atoms with Crippen LogP contribution in [-0.4, -0.2) is 34.0 Å². The molecule has 2 aromatic carbocycles. The van der Waals surface area contributed by atoms with E-state index in [0.717, 1.165) is 5.56 Å². The Morgan fingerprint density at radius 2 is 1.46 bits per heavy atom. The molecule has 2 amide bonds. The van der Waals surface area contributed by atoms with E-state index in [2.05, 4.69) is 10.6 Å². The first kappa shape index (κ1) is 21.0. The quantitative estimate of drug-likeness (QED) is 0.475. The number of hydrogen-bond acceptors (Lipinski definition) is 5. The predicted octanol–water partition coefficient (Wildman–Crippen LogP) is 2.21. The van der Waals surface area contributed by atoms with Crippen molar-refractivity contribution in [3.8, 4) is 0 Å². The Morgan fingerprint density at radius 3 is 1.96 bits per heavy atom. The molecule has 0 spiro atoms. The molecule has 2 rings (SSSR count). The highest BCUT2D eigenvalue weighted by Crippen LogP contribution is 2.14. The summed E-state index contributed by atoms with van der Waals surface area (Å²) >= 11 is 0. The standard InChI is InChI=1S/C20H23N3O5/c1-20(2,13-24)22-19(26)12-14-3-7-16(8-4-14)21-18(25)11-15-5-9-17(10-6-15)23(27)28/h3-10,24H,11-13H2,1-2H3,(H,21,25)(H,22,26). The van der Waals surface area contributed by atoms with Crippen molar-refractivity contribution < 1.29 is 19.6 Å². The number of nitro groups is 1. The molecule has 2 aromatic rings. The van der Waals surface area contributed by atoms with Gasteiger partial charge in [-0.25, -0.2) is 0 Å². The summed E-state index contributed by atoms with van der Waals surface area (Å²) in [6.45, 7) is 3.31. The molecule has 8 nitrogen and oxygen atoms in total. The van der Waals surface area contributed by atoms with Gasteiger partial charge in [0.15, 0.2) is 0 Å². The average molecular weight is 385 g/mol. The van der Waals surface area contributed by atoms with Crippen LogP contribution in [0.1, 0.15) is 25.0 Å². The first-order valence-electron chi connectivity index (χ1n) is 8.72. The third-order valence-corrected chi connectivity index (χ3v) is 3.99. The Kier molecular flexibility index (Phi) is 6.84. The largest absolute Gasteiger partial charge is 0.394 e. The zero-order valence-corrected chi connectivity index (χ0v) is 15.8. The molecule has 0 heterocycles. The number of hydrogen-bond donors (Lipinski definition) is 3. The molecule has 0 aliphatic heterocycles. The molecule has 0 unspecified atom stereocenters. The SMILES string of the molecule is CC(C)(CO)NC(=O)Cc1ccc(NC(=O)Cc2ccc([N+](=O)[O-])cc2)cc1. The van der Waals surface area contributed by atoms with E-state index in [4.69, 9.17) is 0 Å². The molecule has 3 N–H and O–H groups in total. The molecule has 0 fully saturated rings. The van der Waals surface area contributed by atoms with Crippen molar-refractivity contribution in [2.75, 3.05) is 11.9 Å². The lowest BCUT2D eigenvalue weighted by Crippen LogP contribution is -2.46. The maximum atomic E-state index is 12.1. The lowest BCUT2D eigenvalue weighted by Gasteiger charge is -2.23. The number of rotatable bonds is 8. The van der Waals surface area contributed by atoms with Gasteiger partial charge in [0.25, 0.3) is 5.69 Å². The third kappa shape index (κ3) is 6.48. The lowest BCUT2D eigenvalue weighted by atomic mass is 10.1. The molecule has 0 atom stereocenters. The number of amides is 2. The summed E-state index contributed by atoms with van der Waals surface area (Å²) in [7, 11) is 0. The lowest BCUT2D eigenvalue weighted by molar-refractivity contribution is -0.384. The van der Waals surface area contributed by atoms with E-state index in [0.29, 0.717) is 11.3 Å². The molecule has 148 valence electrons. The van der Waals surface area contributed by atoms with Gasteiger partial charge in [-0.05, 0) is 37.1 Å². The maximum absolute atomic E-state index is 12.1. The second-order valence-corrected chi connectivity index (χ2v) is 7.11. The van der Waals surface area contributed by atoms with Gasteiger partial charge in [-0.2, -0.15) is 0 Å². The summed E-state index contributed by atoms with van der Waals surface area (Å²) in [5.41, 5.74) is 1.34. The van der Waals surface area contributed by atoms with Crippen molar-refractivity contribution in [2.45, 2.75) is 32.2 Å². The minimum Gasteiger partial charge on any atom is -0.394 e. The number of anilines is 1. The van der Waals surface area contributed by atoms with E-state index >= 15 is 0 Å². The molecule has 0 aromatic heterocycles. The van der Waals surface area contributed by atoms with Crippen molar-refractivity contribution in [3.63, 3.8) is 0 Å². The van der Waals surface area contributed by atoms with Crippen molar-refractivity contribution >= 4 is 23.2 Å². The van der Waals surface area contributed by atoms with Crippen LogP contribution < -0.4 is 10.6 Å². The highest BCUT2D eigenvalue weighted by molar-refractivity contribution is 5.92.